The van der Waals surface area contributed by atoms with Crippen LogP contribution in [0.3, 0.4) is 0 Å². The second kappa shape index (κ2) is 4.86. The van der Waals surface area contributed by atoms with Gasteiger partial charge in [-0.25, -0.2) is 4.98 Å². The Morgan fingerprint density at radius 1 is 1.47 bits per heavy atom. The monoisotopic (exact) mass is 295 g/mol. The maximum absolute atomic E-state index is 10.7. The molecule has 0 spiro atoms. The third-order valence-corrected chi connectivity index (χ3v) is 4.40. The van der Waals surface area contributed by atoms with Gasteiger partial charge in [-0.05, 0) is 18.9 Å². The number of hydrogen-bond acceptors (Lipinski definition) is 4. The average molecular weight is 296 g/mol. The van der Waals surface area contributed by atoms with Gasteiger partial charge in [-0.1, -0.05) is 23.4 Å². The maximum Gasteiger partial charge on any atom is 0.270 e. The van der Waals surface area contributed by atoms with Crippen molar-refractivity contribution >= 4 is 29.1 Å². The molecule has 98 valence electrons. The number of aromatic nitrogens is 2. The third kappa shape index (κ3) is 2.59. The fraction of sp³-hybridized carbons (Fsp3) is 0.250. The van der Waals surface area contributed by atoms with E-state index in [1.165, 1.54) is 36.7 Å². The van der Waals surface area contributed by atoms with Crippen LogP contribution >= 0.6 is 23.4 Å². The smallest absolute Gasteiger partial charge is 0.270 e. The number of hydrogen-bond donors (Lipinski definition) is 0. The highest BCUT2D eigenvalue weighted by atomic mass is 35.5. The highest BCUT2D eigenvalue weighted by molar-refractivity contribution is 7.99. The molecule has 1 aliphatic carbocycles. The first-order chi connectivity index (χ1) is 9.15. The highest BCUT2D eigenvalue weighted by Crippen LogP contribution is 2.41. The second-order valence-electron chi connectivity index (χ2n) is 4.32. The van der Waals surface area contributed by atoms with Crippen LogP contribution in [-0.4, -0.2) is 14.5 Å². The number of nitrogens with zero attached hydrogens (tertiary/aromatic N) is 3. The largest absolute Gasteiger partial charge is 0.323 e. The lowest BCUT2D eigenvalue weighted by atomic mass is 10.3. The van der Waals surface area contributed by atoms with Crippen molar-refractivity contribution in [2.75, 3.05) is 0 Å². The summed E-state index contributed by atoms with van der Waals surface area (Å²) in [7, 11) is 0. The van der Waals surface area contributed by atoms with Gasteiger partial charge in [0.2, 0.25) is 0 Å². The predicted molar refractivity (Wildman–Crippen MR) is 72.7 cm³/mol. The van der Waals surface area contributed by atoms with Gasteiger partial charge in [-0.3, -0.25) is 10.1 Å². The van der Waals surface area contributed by atoms with Crippen molar-refractivity contribution in [3.63, 3.8) is 0 Å². The van der Waals surface area contributed by atoms with E-state index in [2.05, 4.69) is 9.55 Å². The third-order valence-electron chi connectivity index (χ3n) is 2.90. The summed E-state index contributed by atoms with van der Waals surface area (Å²) in [4.78, 5) is 15.3. The molecule has 0 N–H and O–H groups in total. The highest BCUT2D eigenvalue weighted by Gasteiger charge is 2.26. The minimum Gasteiger partial charge on any atom is -0.323 e. The van der Waals surface area contributed by atoms with E-state index in [9.17, 15) is 10.1 Å². The molecule has 0 atom stereocenters. The molecule has 1 aliphatic rings. The number of benzene rings is 1. The standard InChI is InChI=1S/C12H10ClN3O2S/c13-10-7-9(16(17)18)3-4-11(10)19-12-14-5-6-15(12)8-1-2-8/h3-8H,1-2H2. The van der Waals surface area contributed by atoms with E-state index in [4.69, 9.17) is 11.6 Å². The van der Waals surface area contributed by atoms with Gasteiger partial charge in [-0.15, -0.1) is 0 Å². The van der Waals surface area contributed by atoms with Crippen LogP contribution in [0.25, 0.3) is 0 Å². The van der Waals surface area contributed by atoms with Gasteiger partial charge in [0.15, 0.2) is 5.16 Å². The molecule has 1 heterocycles. The van der Waals surface area contributed by atoms with Crippen LogP contribution in [0.5, 0.6) is 0 Å². The predicted octanol–water partition coefficient (Wildman–Crippen LogP) is 3.93. The lowest BCUT2D eigenvalue weighted by molar-refractivity contribution is -0.384. The van der Waals surface area contributed by atoms with E-state index in [1.54, 1.807) is 12.3 Å². The fourth-order valence-electron chi connectivity index (χ4n) is 1.79. The van der Waals surface area contributed by atoms with Gasteiger partial charge >= 0.3 is 0 Å². The zero-order valence-corrected chi connectivity index (χ0v) is 11.4. The Hall–Kier alpha value is -1.53. The van der Waals surface area contributed by atoms with E-state index in [0.717, 1.165) is 10.1 Å². The summed E-state index contributed by atoms with van der Waals surface area (Å²) >= 11 is 7.51. The van der Waals surface area contributed by atoms with Crippen LogP contribution in [0, 0.1) is 10.1 Å². The van der Waals surface area contributed by atoms with Gasteiger partial charge in [0.1, 0.15) is 0 Å². The molecule has 0 bridgehead atoms. The fourth-order valence-corrected chi connectivity index (χ4v) is 3.00. The number of non-ortho nitro benzene ring substituents is 1. The van der Waals surface area contributed by atoms with E-state index >= 15 is 0 Å². The molecule has 3 rings (SSSR count). The number of nitro groups is 1. The molecular weight excluding hydrogens is 286 g/mol. The summed E-state index contributed by atoms with van der Waals surface area (Å²) < 4.78 is 2.13. The Balaban J connectivity index is 1.86. The van der Waals surface area contributed by atoms with Gasteiger partial charge in [-0.2, -0.15) is 0 Å². The van der Waals surface area contributed by atoms with Gasteiger partial charge in [0.25, 0.3) is 5.69 Å². The lowest BCUT2D eigenvalue weighted by Gasteiger charge is -2.06. The van der Waals surface area contributed by atoms with Crippen molar-refractivity contribution < 1.29 is 4.92 Å². The molecule has 1 aromatic carbocycles. The van der Waals surface area contributed by atoms with E-state index < -0.39 is 4.92 Å². The molecule has 1 aromatic heterocycles. The van der Waals surface area contributed by atoms with Crippen molar-refractivity contribution in [3.05, 3.63) is 45.7 Å². The molecule has 19 heavy (non-hydrogen) atoms. The zero-order chi connectivity index (χ0) is 13.4. The van der Waals surface area contributed by atoms with Crippen molar-refractivity contribution in [1.82, 2.24) is 9.55 Å². The van der Waals surface area contributed by atoms with E-state index in [0.29, 0.717) is 11.1 Å². The molecule has 0 amide bonds. The molecule has 0 saturated heterocycles. The molecule has 1 fully saturated rings. The van der Waals surface area contributed by atoms with Crippen LogP contribution < -0.4 is 0 Å². The molecule has 0 aliphatic heterocycles. The summed E-state index contributed by atoms with van der Waals surface area (Å²) in [6, 6.07) is 5.03. The molecule has 5 nitrogen and oxygen atoms in total. The Morgan fingerprint density at radius 2 is 2.26 bits per heavy atom. The van der Waals surface area contributed by atoms with E-state index in [1.807, 2.05) is 6.20 Å². The van der Waals surface area contributed by atoms with Crippen LogP contribution in [0.4, 0.5) is 5.69 Å². The Kier molecular flexibility index (Phi) is 3.20. The van der Waals surface area contributed by atoms with Gasteiger partial charge < -0.3 is 4.57 Å². The topological polar surface area (TPSA) is 61.0 Å². The average Bonchev–Trinajstić information content (AvgIpc) is 3.12. The maximum atomic E-state index is 10.7. The minimum atomic E-state index is -0.453. The Labute approximate surface area is 118 Å². The van der Waals surface area contributed by atoms with Crippen molar-refractivity contribution in [2.24, 2.45) is 0 Å². The Morgan fingerprint density at radius 3 is 2.89 bits per heavy atom. The number of rotatable bonds is 4. The minimum absolute atomic E-state index is 0.000107. The molecule has 1 saturated carbocycles. The molecule has 2 aromatic rings. The summed E-state index contributed by atoms with van der Waals surface area (Å²) in [5.41, 5.74) is -0.000107. The van der Waals surface area contributed by atoms with Crippen molar-refractivity contribution in [2.45, 2.75) is 28.9 Å². The van der Waals surface area contributed by atoms with Gasteiger partial charge in [0, 0.05) is 35.5 Å². The first kappa shape index (κ1) is 12.5. The summed E-state index contributed by atoms with van der Waals surface area (Å²) in [6.07, 6.45) is 6.08. The first-order valence-corrected chi connectivity index (χ1v) is 6.99. The SMILES string of the molecule is O=[N+]([O-])c1ccc(Sc2nccn2C2CC2)c(Cl)c1. The quantitative estimate of drug-likeness (QED) is 0.633. The summed E-state index contributed by atoms with van der Waals surface area (Å²) in [5.74, 6) is 0. The number of nitro benzene ring substituents is 1. The van der Waals surface area contributed by atoms with Crippen LogP contribution in [-0.2, 0) is 0 Å². The second-order valence-corrected chi connectivity index (χ2v) is 5.74. The van der Waals surface area contributed by atoms with Crippen molar-refractivity contribution in [3.8, 4) is 0 Å². The number of imidazole rings is 1. The van der Waals surface area contributed by atoms with Crippen molar-refractivity contribution in [1.29, 1.82) is 0 Å². The zero-order valence-electron chi connectivity index (χ0n) is 9.82. The molecule has 0 unspecified atom stereocenters. The summed E-state index contributed by atoms with van der Waals surface area (Å²) in [6.45, 7) is 0. The van der Waals surface area contributed by atoms with E-state index in [-0.39, 0.29) is 5.69 Å². The van der Waals surface area contributed by atoms with Gasteiger partial charge in [0.05, 0.1) is 9.95 Å². The Bertz CT molecular complexity index is 640. The lowest BCUT2D eigenvalue weighted by Crippen LogP contribution is -1.94. The van der Waals surface area contributed by atoms with Crippen LogP contribution in [0.2, 0.25) is 5.02 Å². The van der Waals surface area contributed by atoms with Crippen LogP contribution in [0.1, 0.15) is 18.9 Å². The summed E-state index contributed by atoms with van der Waals surface area (Å²) in [5, 5.41) is 11.9. The molecular formula is C12H10ClN3O2S. The first-order valence-electron chi connectivity index (χ1n) is 5.80. The molecule has 7 heteroatoms. The van der Waals surface area contributed by atoms with Crippen LogP contribution in [0.15, 0.2) is 40.6 Å². The number of halogens is 1. The molecule has 0 radical (unpaired) electrons. The normalized spacial score (nSPS) is 14.6.